The van der Waals surface area contributed by atoms with Gasteiger partial charge in [-0.1, -0.05) is 33.1 Å². The molecular formula is C26H41F3N6O. The van der Waals surface area contributed by atoms with E-state index in [0.29, 0.717) is 37.5 Å². The normalized spacial score (nSPS) is 15.6. The molecule has 10 heteroatoms. The number of likely N-dealkylation sites (tertiary alicyclic amines) is 1. The highest BCUT2D eigenvalue weighted by Gasteiger charge is 2.34. The van der Waals surface area contributed by atoms with Gasteiger partial charge in [-0.05, 0) is 39.0 Å². The molecule has 2 rings (SSSR count). The van der Waals surface area contributed by atoms with E-state index in [4.69, 9.17) is 5.41 Å². The summed E-state index contributed by atoms with van der Waals surface area (Å²) in [4.78, 5) is 17.6. The first-order chi connectivity index (χ1) is 17.2. The second kappa shape index (κ2) is 14.7. The third kappa shape index (κ3) is 9.70. The van der Waals surface area contributed by atoms with Crippen molar-refractivity contribution >= 4 is 23.2 Å². The van der Waals surface area contributed by atoms with Crippen LogP contribution in [0.2, 0.25) is 0 Å². The van der Waals surface area contributed by atoms with Crippen molar-refractivity contribution in [3.63, 3.8) is 0 Å². The maximum Gasteiger partial charge on any atom is 0.419 e. The minimum Gasteiger partial charge on any atom is -0.388 e. The van der Waals surface area contributed by atoms with Crippen LogP contribution < -0.4 is 16.0 Å². The zero-order chi connectivity index (χ0) is 26.6. The van der Waals surface area contributed by atoms with Gasteiger partial charge in [-0.25, -0.2) is 4.98 Å². The number of rotatable bonds is 14. The Hall–Kier alpha value is -2.78. The number of hydrogen-bond acceptors (Lipinski definition) is 5. The van der Waals surface area contributed by atoms with Gasteiger partial charge in [-0.2, -0.15) is 13.2 Å². The summed E-state index contributed by atoms with van der Waals surface area (Å²) in [5.74, 6) is 0.330. The fourth-order valence-corrected chi connectivity index (χ4v) is 4.14. The second-order valence-corrected chi connectivity index (χ2v) is 9.35. The Morgan fingerprint density at radius 2 is 2.00 bits per heavy atom. The first-order valence-corrected chi connectivity index (χ1v) is 13.0. The van der Waals surface area contributed by atoms with Gasteiger partial charge in [0, 0.05) is 56.1 Å². The number of alkyl halides is 3. The van der Waals surface area contributed by atoms with Crippen LogP contribution in [-0.2, 0) is 11.0 Å². The minimum absolute atomic E-state index is 0.0649. The standard InChI is InChI=1S/C26H41F3N6O/c1-4-6-11-20(10-5-2)32-17-19(3)25(30)34-23-16-22(21(18-33-23)26(27,28)29)31-13-9-15-35-14-8-7-12-24(35)36/h16-18,20,32H,4-15H2,1-3H3,(H3,30,31,33,34)/b19-17-. The van der Waals surface area contributed by atoms with E-state index >= 15 is 0 Å². The van der Waals surface area contributed by atoms with E-state index < -0.39 is 11.7 Å². The molecule has 2 heterocycles. The average molecular weight is 511 g/mol. The lowest BCUT2D eigenvalue weighted by molar-refractivity contribution is -0.137. The highest BCUT2D eigenvalue weighted by Crippen LogP contribution is 2.35. The summed E-state index contributed by atoms with van der Waals surface area (Å²) in [5, 5.41) is 17.4. The molecule has 0 radical (unpaired) electrons. The van der Waals surface area contributed by atoms with Crippen LogP contribution in [0.25, 0.3) is 0 Å². The Kier molecular flexibility index (Phi) is 12.0. The molecule has 1 saturated heterocycles. The van der Waals surface area contributed by atoms with Gasteiger partial charge in [0.25, 0.3) is 0 Å². The smallest absolute Gasteiger partial charge is 0.388 e. The number of amidine groups is 1. The van der Waals surface area contributed by atoms with E-state index in [-0.39, 0.29) is 29.8 Å². The Morgan fingerprint density at radius 1 is 1.22 bits per heavy atom. The van der Waals surface area contributed by atoms with E-state index in [1.54, 1.807) is 18.0 Å². The van der Waals surface area contributed by atoms with Gasteiger partial charge in [0.2, 0.25) is 5.91 Å². The Labute approximate surface area is 212 Å². The number of hydrogen-bond donors (Lipinski definition) is 4. The molecule has 0 aliphatic carbocycles. The van der Waals surface area contributed by atoms with Gasteiger partial charge in [0.1, 0.15) is 11.7 Å². The summed E-state index contributed by atoms with van der Waals surface area (Å²) in [7, 11) is 0. The number of nitrogens with zero attached hydrogens (tertiary/aromatic N) is 2. The molecular weight excluding hydrogens is 469 g/mol. The van der Waals surface area contributed by atoms with Crippen LogP contribution in [0.4, 0.5) is 24.7 Å². The largest absolute Gasteiger partial charge is 0.419 e. The number of carbonyl (C=O) groups is 1. The van der Waals surface area contributed by atoms with Crippen molar-refractivity contribution in [1.82, 2.24) is 15.2 Å². The second-order valence-electron chi connectivity index (χ2n) is 9.35. The number of amides is 1. The molecule has 1 fully saturated rings. The predicted octanol–water partition coefficient (Wildman–Crippen LogP) is 6.16. The van der Waals surface area contributed by atoms with Gasteiger partial charge in [0.15, 0.2) is 0 Å². The lowest BCUT2D eigenvalue weighted by Gasteiger charge is -2.26. The third-order valence-corrected chi connectivity index (χ3v) is 6.28. The maximum atomic E-state index is 13.5. The molecule has 1 aromatic rings. The summed E-state index contributed by atoms with van der Waals surface area (Å²) >= 11 is 0. The van der Waals surface area contributed by atoms with Crippen molar-refractivity contribution < 1.29 is 18.0 Å². The number of nitrogens with one attached hydrogen (secondary N) is 4. The number of halogens is 3. The van der Waals surface area contributed by atoms with Crippen molar-refractivity contribution in [2.24, 2.45) is 0 Å². The molecule has 4 N–H and O–H groups in total. The van der Waals surface area contributed by atoms with Crippen LogP contribution in [0.1, 0.15) is 84.1 Å². The first-order valence-electron chi connectivity index (χ1n) is 13.0. The van der Waals surface area contributed by atoms with E-state index in [1.165, 1.54) is 6.07 Å². The van der Waals surface area contributed by atoms with E-state index in [9.17, 15) is 18.0 Å². The SMILES string of the molecule is CCCCC(CCC)N/C=C(/C)C(=N)Nc1cc(NCCCN2CCCCC2=O)c(C(F)(F)F)cn1. The topological polar surface area (TPSA) is 93.1 Å². The van der Waals surface area contributed by atoms with Gasteiger partial charge in [-0.15, -0.1) is 0 Å². The molecule has 202 valence electrons. The number of piperidine rings is 1. The molecule has 1 aromatic heterocycles. The molecule has 1 aliphatic heterocycles. The van der Waals surface area contributed by atoms with Gasteiger partial charge >= 0.3 is 6.18 Å². The highest BCUT2D eigenvalue weighted by atomic mass is 19.4. The van der Waals surface area contributed by atoms with Crippen LogP contribution in [0.15, 0.2) is 24.0 Å². The summed E-state index contributed by atoms with van der Waals surface area (Å²) in [5.41, 5.74) is -0.323. The number of carbonyl (C=O) groups excluding carboxylic acids is 1. The molecule has 1 unspecified atom stereocenters. The summed E-state index contributed by atoms with van der Waals surface area (Å²) in [6, 6.07) is 1.61. The molecule has 1 aliphatic rings. The van der Waals surface area contributed by atoms with Crippen molar-refractivity contribution in [3.8, 4) is 0 Å². The van der Waals surface area contributed by atoms with Crippen molar-refractivity contribution in [1.29, 1.82) is 5.41 Å². The fourth-order valence-electron chi connectivity index (χ4n) is 4.14. The van der Waals surface area contributed by atoms with Crippen LogP contribution in [-0.4, -0.2) is 47.3 Å². The van der Waals surface area contributed by atoms with Gasteiger partial charge in [0.05, 0.1) is 11.3 Å². The van der Waals surface area contributed by atoms with Crippen molar-refractivity contribution in [2.45, 2.75) is 90.8 Å². The zero-order valence-electron chi connectivity index (χ0n) is 21.7. The maximum absolute atomic E-state index is 13.5. The molecule has 0 aromatic carbocycles. The number of anilines is 2. The quantitative estimate of drug-likeness (QED) is 0.137. The Bertz CT molecular complexity index is 887. The van der Waals surface area contributed by atoms with E-state index in [1.807, 2.05) is 0 Å². The van der Waals surface area contributed by atoms with Crippen LogP contribution in [0, 0.1) is 5.41 Å². The average Bonchev–Trinajstić information content (AvgIpc) is 2.83. The van der Waals surface area contributed by atoms with Crippen molar-refractivity contribution in [2.75, 3.05) is 30.3 Å². The molecule has 0 spiro atoms. The first kappa shape index (κ1) is 29.5. The van der Waals surface area contributed by atoms with Gasteiger partial charge < -0.3 is 20.9 Å². The van der Waals surface area contributed by atoms with Crippen LogP contribution >= 0.6 is 0 Å². The summed E-state index contributed by atoms with van der Waals surface area (Å²) in [6.45, 7) is 7.57. The lowest BCUT2D eigenvalue weighted by Crippen LogP contribution is -2.36. The Balaban J connectivity index is 2.01. The predicted molar refractivity (Wildman–Crippen MR) is 139 cm³/mol. The van der Waals surface area contributed by atoms with Crippen LogP contribution in [0.5, 0.6) is 0 Å². The molecule has 0 bridgehead atoms. The highest BCUT2D eigenvalue weighted by molar-refractivity contribution is 6.05. The number of unbranched alkanes of at least 4 members (excludes halogenated alkanes) is 1. The lowest BCUT2D eigenvalue weighted by atomic mass is 10.1. The number of aromatic nitrogens is 1. The third-order valence-electron chi connectivity index (χ3n) is 6.28. The summed E-state index contributed by atoms with van der Waals surface area (Å²) < 4.78 is 40.6. The number of pyridine rings is 1. The minimum atomic E-state index is -4.56. The van der Waals surface area contributed by atoms with Crippen LogP contribution in [0.3, 0.4) is 0 Å². The van der Waals surface area contributed by atoms with E-state index in [2.05, 4.69) is 34.8 Å². The fraction of sp³-hybridized carbons (Fsp3) is 0.654. The molecule has 7 nitrogen and oxygen atoms in total. The van der Waals surface area contributed by atoms with Crippen molar-refractivity contribution in [3.05, 3.63) is 29.6 Å². The molecule has 36 heavy (non-hydrogen) atoms. The molecule has 0 saturated carbocycles. The summed E-state index contributed by atoms with van der Waals surface area (Å²) in [6.07, 6.45) is 6.34. The monoisotopic (exact) mass is 510 g/mol. The molecule has 1 amide bonds. The zero-order valence-corrected chi connectivity index (χ0v) is 21.7. The Morgan fingerprint density at radius 3 is 2.67 bits per heavy atom. The van der Waals surface area contributed by atoms with E-state index in [0.717, 1.165) is 51.1 Å². The van der Waals surface area contributed by atoms with Gasteiger partial charge in [-0.3, -0.25) is 10.2 Å². The molecule has 1 atom stereocenters.